The number of hydrogen-bond acceptors (Lipinski definition) is 4. The topological polar surface area (TPSA) is 59.1 Å². The van der Waals surface area contributed by atoms with Gasteiger partial charge in [0.05, 0.1) is 10.6 Å². The molecule has 0 spiro atoms. The van der Waals surface area contributed by atoms with Gasteiger partial charge in [-0.05, 0) is 32.4 Å². The van der Waals surface area contributed by atoms with Crippen molar-refractivity contribution in [2.45, 2.75) is 25.2 Å². The highest BCUT2D eigenvalue weighted by molar-refractivity contribution is 7.89. The fourth-order valence-corrected chi connectivity index (χ4v) is 4.56. The maximum absolute atomic E-state index is 12.3. The predicted octanol–water partition coefficient (Wildman–Crippen LogP) is 3.95. The van der Waals surface area contributed by atoms with Gasteiger partial charge in [-0.15, -0.1) is 11.3 Å². The second-order valence-electron chi connectivity index (χ2n) is 5.85. The Labute approximate surface area is 152 Å². The molecule has 1 N–H and O–H groups in total. The molecule has 4 nitrogen and oxygen atoms in total. The number of aromatic nitrogens is 1. The molecule has 3 rings (SSSR count). The van der Waals surface area contributed by atoms with Crippen LogP contribution in [-0.4, -0.2) is 19.9 Å². The van der Waals surface area contributed by atoms with Crippen LogP contribution in [0.5, 0.6) is 0 Å². The van der Waals surface area contributed by atoms with Crippen molar-refractivity contribution in [3.63, 3.8) is 0 Å². The molecule has 0 saturated carbocycles. The Kier molecular flexibility index (Phi) is 5.32. The van der Waals surface area contributed by atoms with Gasteiger partial charge in [0, 0.05) is 17.0 Å². The third-order valence-electron chi connectivity index (χ3n) is 3.89. The first kappa shape index (κ1) is 17.8. The van der Waals surface area contributed by atoms with Gasteiger partial charge in [0.25, 0.3) is 0 Å². The average Bonchev–Trinajstić information content (AvgIpc) is 2.97. The number of benzene rings is 2. The smallest absolute Gasteiger partial charge is 0.240 e. The van der Waals surface area contributed by atoms with Gasteiger partial charge in [0.15, 0.2) is 0 Å². The van der Waals surface area contributed by atoms with Crippen molar-refractivity contribution < 1.29 is 8.42 Å². The SMILES string of the molecule is Cc1ccc(S(=O)(=O)NCCc2sc(-c3ccccc3)nc2C)cc1. The molecule has 25 heavy (non-hydrogen) atoms. The first-order valence-electron chi connectivity index (χ1n) is 8.04. The molecule has 6 heteroatoms. The third kappa shape index (κ3) is 4.34. The normalized spacial score (nSPS) is 11.6. The minimum Gasteiger partial charge on any atom is -0.241 e. The monoisotopic (exact) mass is 372 g/mol. The zero-order valence-corrected chi connectivity index (χ0v) is 15.8. The molecule has 0 radical (unpaired) electrons. The number of thiazole rings is 1. The van der Waals surface area contributed by atoms with E-state index in [1.54, 1.807) is 35.6 Å². The van der Waals surface area contributed by atoms with Gasteiger partial charge in [0.2, 0.25) is 10.0 Å². The summed E-state index contributed by atoms with van der Waals surface area (Å²) in [5, 5.41) is 0.967. The van der Waals surface area contributed by atoms with Crippen molar-refractivity contribution in [1.29, 1.82) is 0 Å². The maximum Gasteiger partial charge on any atom is 0.240 e. The summed E-state index contributed by atoms with van der Waals surface area (Å²) in [6.07, 6.45) is 0.626. The molecule has 3 aromatic rings. The Morgan fingerprint density at radius 2 is 1.68 bits per heavy atom. The van der Waals surface area contributed by atoms with E-state index >= 15 is 0 Å². The largest absolute Gasteiger partial charge is 0.241 e. The standard InChI is InChI=1S/C19H20N2O2S2/c1-14-8-10-17(11-9-14)25(22,23)20-13-12-18-15(2)21-19(24-18)16-6-4-3-5-7-16/h3-11,20H,12-13H2,1-2H3. The second kappa shape index (κ2) is 7.47. The van der Waals surface area contributed by atoms with Crippen LogP contribution in [0.15, 0.2) is 59.5 Å². The van der Waals surface area contributed by atoms with Crippen LogP contribution in [0.4, 0.5) is 0 Å². The van der Waals surface area contributed by atoms with Crippen molar-refractivity contribution in [1.82, 2.24) is 9.71 Å². The summed E-state index contributed by atoms with van der Waals surface area (Å²) in [4.78, 5) is 6.00. The van der Waals surface area contributed by atoms with Crippen molar-refractivity contribution in [3.05, 3.63) is 70.7 Å². The van der Waals surface area contributed by atoms with Gasteiger partial charge in [-0.2, -0.15) is 0 Å². The number of rotatable bonds is 6. The van der Waals surface area contributed by atoms with Gasteiger partial charge < -0.3 is 0 Å². The van der Waals surface area contributed by atoms with E-state index in [-0.39, 0.29) is 0 Å². The summed E-state index contributed by atoms with van der Waals surface area (Å²) < 4.78 is 27.3. The first-order chi connectivity index (χ1) is 12.0. The van der Waals surface area contributed by atoms with E-state index in [2.05, 4.69) is 9.71 Å². The van der Waals surface area contributed by atoms with Gasteiger partial charge >= 0.3 is 0 Å². The molecule has 0 aliphatic heterocycles. The van der Waals surface area contributed by atoms with Gasteiger partial charge in [-0.1, -0.05) is 48.0 Å². The van der Waals surface area contributed by atoms with Crippen molar-refractivity contribution >= 4 is 21.4 Å². The lowest BCUT2D eigenvalue weighted by molar-refractivity contribution is 0.581. The Balaban J connectivity index is 1.66. The maximum atomic E-state index is 12.3. The molecule has 0 aliphatic carbocycles. The minimum absolute atomic E-state index is 0.295. The molecule has 0 atom stereocenters. The van der Waals surface area contributed by atoms with E-state index in [0.29, 0.717) is 17.9 Å². The Bertz CT molecular complexity index is 947. The molecule has 130 valence electrons. The number of aryl methyl sites for hydroxylation is 2. The predicted molar refractivity (Wildman–Crippen MR) is 102 cm³/mol. The van der Waals surface area contributed by atoms with E-state index < -0.39 is 10.0 Å². The highest BCUT2D eigenvalue weighted by Gasteiger charge is 2.14. The number of nitrogens with zero attached hydrogens (tertiary/aromatic N) is 1. The minimum atomic E-state index is -3.47. The van der Waals surface area contributed by atoms with Crippen LogP contribution in [0.25, 0.3) is 10.6 Å². The molecule has 0 saturated heterocycles. The van der Waals surface area contributed by atoms with Gasteiger partial charge in [-0.25, -0.2) is 18.1 Å². The summed E-state index contributed by atoms with van der Waals surface area (Å²) >= 11 is 1.62. The zero-order chi connectivity index (χ0) is 17.9. The van der Waals surface area contributed by atoms with E-state index in [9.17, 15) is 8.42 Å². The molecular formula is C19H20N2O2S2. The Morgan fingerprint density at radius 1 is 1.00 bits per heavy atom. The fraction of sp³-hybridized carbons (Fsp3) is 0.211. The van der Waals surface area contributed by atoms with Crippen LogP contribution in [0.2, 0.25) is 0 Å². The average molecular weight is 373 g/mol. The van der Waals surface area contributed by atoms with Gasteiger partial charge in [0.1, 0.15) is 5.01 Å². The van der Waals surface area contributed by atoms with Crippen LogP contribution in [0, 0.1) is 13.8 Å². The first-order valence-corrected chi connectivity index (χ1v) is 10.3. The van der Waals surface area contributed by atoms with E-state index in [1.807, 2.05) is 44.2 Å². The summed E-state index contributed by atoms with van der Waals surface area (Å²) in [6.45, 7) is 4.25. The zero-order valence-electron chi connectivity index (χ0n) is 14.2. The third-order valence-corrected chi connectivity index (χ3v) is 6.63. The number of sulfonamides is 1. The Morgan fingerprint density at radius 3 is 2.36 bits per heavy atom. The van der Waals surface area contributed by atoms with Crippen molar-refractivity contribution in [2.75, 3.05) is 6.54 Å². The fourth-order valence-electron chi connectivity index (χ4n) is 2.46. The lowest BCUT2D eigenvalue weighted by atomic mass is 10.2. The van der Waals surface area contributed by atoms with Crippen LogP contribution in [0.3, 0.4) is 0 Å². The lowest BCUT2D eigenvalue weighted by Crippen LogP contribution is -2.25. The lowest BCUT2D eigenvalue weighted by Gasteiger charge is -2.06. The summed E-state index contributed by atoms with van der Waals surface area (Å²) in [5.41, 5.74) is 3.08. The second-order valence-corrected chi connectivity index (χ2v) is 8.71. The van der Waals surface area contributed by atoms with Crippen LogP contribution in [-0.2, 0) is 16.4 Å². The molecule has 2 aromatic carbocycles. The Hall–Kier alpha value is -2.02. The molecule has 0 unspecified atom stereocenters. The van der Waals surface area contributed by atoms with Gasteiger partial charge in [-0.3, -0.25) is 0 Å². The molecule has 0 amide bonds. The highest BCUT2D eigenvalue weighted by Crippen LogP contribution is 2.27. The van der Waals surface area contributed by atoms with Crippen LogP contribution >= 0.6 is 11.3 Å². The number of hydrogen-bond donors (Lipinski definition) is 1. The molecule has 0 aliphatic rings. The molecule has 0 bridgehead atoms. The van der Waals surface area contributed by atoms with Crippen molar-refractivity contribution in [3.8, 4) is 10.6 Å². The van der Waals surface area contributed by atoms with E-state index in [0.717, 1.165) is 26.7 Å². The molecule has 1 heterocycles. The summed E-state index contributed by atoms with van der Waals surface area (Å²) in [5.74, 6) is 0. The highest BCUT2D eigenvalue weighted by atomic mass is 32.2. The summed E-state index contributed by atoms with van der Waals surface area (Å²) in [6, 6.07) is 16.9. The molecular weight excluding hydrogens is 352 g/mol. The quantitative estimate of drug-likeness (QED) is 0.713. The summed E-state index contributed by atoms with van der Waals surface area (Å²) in [7, 11) is -3.47. The van der Waals surface area contributed by atoms with Crippen LogP contribution < -0.4 is 4.72 Å². The molecule has 1 aromatic heterocycles. The van der Waals surface area contributed by atoms with Crippen molar-refractivity contribution in [2.24, 2.45) is 0 Å². The van der Waals surface area contributed by atoms with Crippen LogP contribution in [0.1, 0.15) is 16.1 Å². The molecule has 0 fully saturated rings. The van der Waals surface area contributed by atoms with E-state index in [4.69, 9.17) is 0 Å². The van der Waals surface area contributed by atoms with E-state index in [1.165, 1.54) is 0 Å². The number of nitrogens with one attached hydrogen (secondary N) is 1.